The number of halogens is 2. The van der Waals surface area contributed by atoms with Gasteiger partial charge in [-0.15, -0.1) is 10.2 Å². The minimum Gasteiger partial charge on any atom is -0.232 e. The molecule has 5 aromatic rings. The van der Waals surface area contributed by atoms with Gasteiger partial charge in [0.15, 0.2) is 5.15 Å². The van der Waals surface area contributed by atoms with E-state index in [4.69, 9.17) is 28.3 Å². The van der Waals surface area contributed by atoms with Gasteiger partial charge >= 0.3 is 0 Å². The van der Waals surface area contributed by atoms with Gasteiger partial charge in [0.1, 0.15) is 11.2 Å². The van der Waals surface area contributed by atoms with Gasteiger partial charge in [-0.05, 0) is 18.2 Å². The van der Waals surface area contributed by atoms with E-state index in [0.29, 0.717) is 10.5 Å². The number of hydrogen-bond acceptors (Lipinski definition) is 3. The van der Waals surface area contributed by atoms with E-state index >= 15 is 0 Å². The number of fused-ring (bicyclic) bond motifs is 1. The Labute approximate surface area is 177 Å². The molecule has 0 aliphatic carbocycles. The van der Waals surface area contributed by atoms with Gasteiger partial charge in [0.2, 0.25) is 0 Å². The summed E-state index contributed by atoms with van der Waals surface area (Å²) in [6.45, 7) is 0. The molecule has 0 spiro atoms. The lowest BCUT2D eigenvalue weighted by Gasteiger charge is -2.10. The van der Waals surface area contributed by atoms with Gasteiger partial charge in [0, 0.05) is 16.1 Å². The predicted octanol–water partition coefficient (Wildman–Crippen LogP) is 6.46. The molecule has 0 radical (unpaired) electrons. The summed E-state index contributed by atoms with van der Waals surface area (Å²) in [5.41, 5.74) is 5.00. The molecule has 0 aliphatic heterocycles. The molecular weight excluding hydrogens is 403 g/mol. The highest BCUT2D eigenvalue weighted by Crippen LogP contribution is 2.38. The zero-order chi connectivity index (χ0) is 19.8. The lowest BCUT2D eigenvalue weighted by Crippen LogP contribution is -1.99. The van der Waals surface area contributed by atoms with Gasteiger partial charge in [0.25, 0.3) is 0 Å². The molecule has 0 amide bonds. The van der Waals surface area contributed by atoms with Gasteiger partial charge in [-0.1, -0.05) is 89.9 Å². The molecule has 0 atom stereocenters. The van der Waals surface area contributed by atoms with E-state index < -0.39 is 0 Å². The molecule has 6 heteroatoms. The Hall–Kier alpha value is -3.21. The van der Waals surface area contributed by atoms with Crippen LogP contribution < -0.4 is 0 Å². The Morgan fingerprint density at radius 1 is 0.690 bits per heavy atom. The largest absolute Gasteiger partial charge is 0.232 e. The molecule has 2 aromatic heterocycles. The third kappa shape index (κ3) is 3.16. The molecule has 2 heterocycles. The SMILES string of the molecule is Clc1cccc(-n2nc3c(Cl)nnc(-c4ccccc4)c3c2-c2ccccc2)c1. The quantitative estimate of drug-likeness (QED) is 0.339. The second-order valence-electron chi connectivity index (χ2n) is 6.54. The molecule has 29 heavy (non-hydrogen) atoms. The smallest absolute Gasteiger partial charge is 0.179 e. The number of nitrogens with zero attached hydrogens (tertiary/aromatic N) is 4. The Bertz CT molecular complexity index is 1320. The van der Waals surface area contributed by atoms with E-state index in [1.807, 2.05) is 89.6 Å². The Morgan fingerprint density at radius 2 is 1.38 bits per heavy atom. The normalized spacial score (nSPS) is 11.1. The number of aromatic nitrogens is 4. The number of benzene rings is 3. The summed E-state index contributed by atoms with van der Waals surface area (Å²) in [4.78, 5) is 0. The lowest BCUT2D eigenvalue weighted by molar-refractivity contribution is 0.902. The van der Waals surface area contributed by atoms with Crippen LogP contribution in [0.5, 0.6) is 0 Å². The van der Waals surface area contributed by atoms with Crippen molar-refractivity contribution in [1.82, 2.24) is 20.0 Å². The van der Waals surface area contributed by atoms with Crippen molar-refractivity contribution in [3.05, 3.63) is 95.1 Å². The lowest BCUT2D eigenvalue weighted by atomic mass is 10.0. The fraction of sp³-hybridized carbons (Fsp3) is 0. The first-order valence-corrected chi connectivity index (χ1v) is 9.79. The summed E-state index contributed by atoms with van der Waals surface area (Å²) in [6.07, 6.45) is 0. The predicted molar refractivity (Wildman–Crippen MR) is 118 cm³/mol. The van der Waals surface area contributed by atoms with Gasteiger partial charge in [-0.25, -0.2) is 4.68 Å². The number of rotatable bonds is 3. The summed E-state index contributed by atoms with van der Waals surface area (Å²) in [5.74, 6) is 0. The van der Waals surface area contributed by atoms with Crippen molar-refractivity contribution in [1.29, 1.82) is 0 Å². The van der Waals surface area contributed by atoms with E-state index in [-0.39, 0.29) is 5.15 Å². The monoisotopic (exact) mass is 416 g/mol. The Morgan fingerprint density at radius 3 is 2.07 bits per heavy atom. The first-order valence-electron chi connectivity index (χ1n) is 9.04. The fourth-order valence-electron chi connectivity index (χ4n) is 3.43. The molecule has 0 bridgehead atoms. The van der Waals surface area contributed by atoms with Gasteiger partial charge in [0.05, 0.1) is 16.8 Å². The van der Waals surface area contributed by atoms with Crippen LogP contribution in [0.3, 0.4) is 0 Å². The van der Waals surface area contributed by atoms with Crippen molar-refractivity contribution >= 4 is 34.1 Å². The second kappa shape index (κ2) is 7.32. The van der Waals surface area contributed by atoms with E-state index in [0.717, 1.165) is 33.6 Å². The van der Waals surface area contributed by atoms with E-state index in [1.165, 1.54) is 0 Å². The molecule has 3 aromatic carbocycles. The highest BCUT2D eigenvalue weighted by molar-refractivity contribution is 6.34. The van der Waals surface area contributed by atoms with E-state index in [2.05, 4.69) is 10.2 Å². The summed E-state index contributed by atoms with van der Waals surface area (Å²) >= 11 is 12.7. The van der Waals surface area contributed by atoms with Gasteiger partial charge < -0.3 is 0 Å². The van der Waals surface area contributed by atoms with Crippen molar-refractivity contribution in [2.45, 2.75) is 0 Å². The molecule has 0 unspecified atom stereocenters. The van der Waals surface area contributed by atoms with Crippen molar-refractivity contribution in [3.8, 4) is 28.2 Å². The molecule has 4 nitrogen and oxygen atoms in total. The average Bonchev–Trinajstić information content (AvgIpc) is 3.17. The maximum Gasteiger partial charge on any atom is 0.179 e. The zero-order valence-electron chi connectivity index (χ0n) is 15.1. The minimum atomic E-state index is 0.262. The highest BCUT2D eigenvalue weighted by Gasteiger charge is 2.22. The van der Waals surface area contributed by atoms with Crippen LogP contribution in [0.4, 0.5) is 0 Å². The van der Waals surface area contributed by atoms with Crippen molar-refractivity contribution < 1.29 is 0 Å². The molecule has 140 valence electrons. The number of hydrogen-bond donors (Lipinski definition) is 0. The maximum absolute atomic E-state index is 6.43. The standard InChI is InChI=1S/C23H14Cl2N4/c24-17-12-7-13-18(14-17)29-22(16-10-5-2-6-11-16)19-20(15-8-3-1-4-9-15)26-27-23(25)21(19)28-29/h1-14H. The van der Waals surface area contributed by atoms with E-state index in [9.17, 15) is 0 Å². The molecule has 0 aliphatic rings. The summed E-state index contributed by atoms with van der Waals surface area (Å²) in [6, 6.07) is 27.5. The fourth-order valence-corrected chi connectivity index (χ4v) is 3.79. The first kappa shape index (κ1) is 17.9. The zero-order valence-corrected chi connectivity index (χ0v) is 16.6. The molecule has 0 fully saturated rings. The third-order valence-electron chi connectivity index (χ3n) is 4.70. The summed E-state index contributed by atoms with van der Waals surface area (Å²) in [5, 5.41) is 15.1. The Balaban J connectivity index is 1.93. The highest BCUT2D eigenvalue weighted by atomic mass is 35.5. The van der Waals surface area contributed by atoms with Crippen LogP contribution in [0.25, 0.3) is 39.1 Å². The van der Waals surface area contributed by atoms with Crippen LogP contribution in [0, 0.1) is 0 Å². The van der Waals surface area contributed by atoms with Crippen LogP contribution in [0.1, 0.15) is 0 Å². The van der Waals surface area contributed by atoms with Gasteiger partial charge in [-0.2, -0.15) is 5.10 Å². The van der Waals surface area contributed by atoms with E-state index in [1.54, 1.807) is 0 Å². The van der Waals surface area contributed by atoms with Crippen molar-refractivity contribution in [2.75, 3.05) is 0 Å². The molecule has 0 saturated heterocycles. The second-order valence-corrected chi connectivity index (χ2v) is 7.33. The van der Waals surface area contributed by atoms with Crippen molar-refractivity contribution in [3.63, 3.8) is 0 Å². The molecular formula is C23H14Cl2N4. The van der Waals surface area contributed by atoms with Crippen LogP contribution >= 0.6 is 23.2 Å². The minimum absolute atomic E-state index is 0.262. The Kier molecular flexibility index (Phi) is 4.51. The third-order valence-corrected chi connectivity index (χ3v) is 5.19. The molecule has 0 saturated carbocycles. The van der Waals surface area contributed by atoms with Crippen LogP contribution in [-0.4, -0.2) is 20.0 Å². The van der Waals surface area contributed by atoms with Crippen LogP contribution in [-0.2, 0) is 0 Å². The van der Waals surface area contributed by atoms with Crippen molar-refractivity contribution in [2.24, 2.45) is 0 Å². The average molecular weight is 417 g/mol. The summed E-state index contributed by atoms with van der Waals surface area (Å²) in [7, 11) is 0. The van der Waals surface area contributed by atoms with Gasteiger partial charge in [-0.3, -0.25) is 0 Å². The molecule has 5 rings (SSSR count). The van der Waals surface area contributed by atoms with Crippen LogP contribution in [0.2, 0.25) is 10.2 Å². The summed E-state index contributed by atoms with van der Waals surface area (Å²) < 4.78 is 1.85. The topological polar surface area (TPSA) is 43.6 Å². The molecule has 0 N–H and O–H groups in total. The van der Waals surface area contributed by atoms with Crippen LogP contribution in [0.15, 0.2) is 84.9 Å². The maximum atomic E-state index is 6.43. The first-order chi connectivity index (χ1) is 14.2.